The summed E-state index contributed by atoms with van der Waals surface area (Å²) in [4.78, 5) is 10.9. The second kappa shape index (κ2) is 2.65. The van der Waals surface area contributed by atoms with Crippen molar-refractivity contribution in [3.63, 3.8) is 0 Å². The van der Waals surface area contributed by atoms with Gasteiger partial charge >= 0.3 is 0 Å². The van der Waals surface area contributed by atoms with Crippen molar-refractivity contribution in [1.82, 2.24) is 15.4 Å². The lowest BCUT2D eigenvalue weighted by Gasteiger charge is -1.84. The zero-order chi connectivity index (χ0) is 8.39. The van der Waals surface area contributed by atoms with E-state index in [9.17, 15) is 4.79 Å². The first kappa shape index (κ1) is 6.84. The predicted octanol–water partition coefficient (Wildman–Crippen LogP) is 0.385. The minimum atomic E-state index is -0.372. The molecule has 0 aliphatic rings. The van der Waals surface area contributed by atoms with Crippen LogP contribution in [0.25, 0.3) is 10.9 Å². The average molecular weight is 159 g/mol. The van der Waals surface area contributed by atoms with Crippen LogP contribution in [0.1, 0.15) is 0 Å². The Morgan fingerprint density at radius 3 is 2.83 bits per heavy atom. The molecule has 12 heavy (non-hydrogen) atoms. The third-order valence-electron chi connectivity index (χ3n) is 1.51. The Morgan fingerprint density at radius 2 is 1.92 bits per heavy atom. The zero-order valence-corrected chi connectivity index (χ0v) is 6.14. The highest BCUT2D eigenvalue weighted by atomic mass is 16.1. The SMILES string of the molecule is O=c1cc2ccccc2nnn1. The number of benzene rings is 1. The van der Waals surface area contributed by atoms with Gasteiger partial charge in [-0.25, -0.2) is 0 Å². The van der Waals surface area contributed by atoms with Crippen LogP contribution in [-0.4, -0.2) is 15.4 Å². The van der Waals surface area contributed by atoms with Crippen molar-refractivity contribution in [1.29, 1.82) is 0 Å². The highest BCUT2D eigenvalue weighted by Gasteiger charge is 1.91. The molecule has 0 aliphatic heterocycles. The number of fused-ring (bicyclic) bond motifs is 1. The Kier molecular flexibility index (Phi) is 1.51. The number of nitrogens with zero attached hydrogens (tertiary/aromatic N) is 3. The van der Waals surface area contributed by atoms with Crippen molar-refractivity contribution in [2.75, 3.05) is 0 Å². The molecule has 0 atom stereocenters. The van der Waals surface area contributed by atoms with E-state index in [1.165, 1.54) is 6.07 Å². The molecule has 0 aliphatic carbocycles. The first-order chi connectivity index (χ1) is 5.86. The van der Waals surface area contributed by atoms with Crippen LogP contribution in [0.2, 0.25) is 0 Å². The predicted molar refractivity (Wildman–Crippen MR) is 43.6 cm³/mol. The molecule has 1 aromatic carbocycles. The maximum absolute atomic E-state index is 10.9. The maximum Gasteiger partial charge on any atom is 0.290 e. The first-order valence-electron chi connectivity index (χ1n) is 3.46. The molecule has 0 N–H and O–H groups in total. The molecule has 2 aromatic rings. The van der Waals surface area contributed by atoms with Gasteiger partial charge in [0.2, 0.25) is 0 Å². The summed E-state index contributed by atoms with van der Waals surface area (Å²) in [5.74, 6) is 0. The fourth-order valence-electron chi connectivity index (χ4n) is 0.977. The van der Waals surface area contributed by atoms with E-state index >= 15 is 0 Å². The molecule has 0 saturated heterocycles. The monoisotopic (exact) mass is 159 g/mol. The zero-order valence-electron chi connectivity index (χ0n) is 6.14. The van der Waals surface area contributed by atoms with Crippen molar-refractivity contribution in [2.24, 2.45) is 0 Å². The summed E-state index contributed by atoms with van der Waals surface area (Å²) in [5.41, 5.74) is 0.302. The summed E-state index contributed by atoms with van der Waals surface area (Å²) in [6, 6.07) is 8.66. The molecular formula is C8H5N3O. The fourth-order valence-corrected chi connectivity index (χ4v) is 0.977. The Morgan fingerprint density at radius 1 is 1.08 bits per heavy atom. The Hall–Kier alpha value is -1.84. The van der Waals surface area contributed by atoms with E-state index in [1.54, 1.807) is 12.1 Å². The molecule has 0 saturated carbocycles. The molecule has 0 fully saturated rings. The minimum absolute atomic E-state index is 0.372. The van der Waals surface area contributed by atoms with E-state index in [1.807, 2.05) is 12.1 Å². The van der Waals surface area contributed by atoms with Gasteiger partial charge in [0, 0.05) is 11.5 Å². The van der Waals surface area contributed by atoms with Crippen LogP contribution in [0.4, 0.5) is 0 Å². The second-order valence-electron chi connectivity index (χ2n) is 2.33. The second-order valence-corrected chi connectivity index (χ2v) is 2.33. The van der Waals surface area contributed by atoms with Crippen molar-refractivity contribution in [2.45, 2.75) is 0 Å². The van der Waals surface area contributed by atoms with Gasteiger partial charge in [-0.15, -0.1) is 5.10 Å². The molecule has 58 valence electrons. The van der Waals surface area contributed by atoms with Crippen LogP contribution in [0.15, 0.2) is 35.1 Å². The summed E-state index contributed by atoms with van der Waals surface area (Å²) < 4.78 is 0. The summed E-state index contributed by atoms with van der Waals surface area (Å²) in [6.07, 6.45) is 0. The number of aromatic nitrogens is 3. The van der Waals surface area contributed by atoms with Crippen LogP contribution < -0.4 is 5.56 Å². The van der Waals surface area contributed by atoms with Gasteiger partial charge in [0.15, 0.2) is 0 Å². The molecular weight excluding hydrogens is 154 g/mol. The average Bonchev–Trinajstić information content (AvgIpc) is 2.25. The summed E-state index contributed by atoms with van der Waals surface area (Å²) >= 11 is 0. The summed E-state index contributed by atoms with van der Waals surface area (Å²) in [7, 11) is 0. The molecule has 4 heteroatoms. The maximum atomic E-state index is 10.9. The van der Waals surface area contributed by atoms with Crippen molar-refractivity contribution >= 4 is 10.9 Å². The standard InChI is InChI=1S/C8H5N3O/c12-8-5-6-3-1-2-4-7(6)9-11-10-8/h1-5H. The van der Waals surface area contributed by atoms with Crippen LogP contribution in [-0.2, 0) is 0 Å². The molecule has 1 aromatic heterocycles. The quantitative estimate of drug-likeness (QED) is 0.557. The van der Waals surface area contributed by atoms with Gasteiger partial charge in [-0.05, 0) is 11.3 Å². The van der Waals surface area contributed by atoms with Crippen molar-refractivity contribution in [3.8, 4) is 0 Å². The molecule has 0 amide bonds. The normalized spacial score (nSPS) is 10.0. The van der Waals surface area contributed by atoms with E-state index in [4.69, 9.17) is 0 Å². The van der Waals surface area contributed by atoms with E-state index < -0.39 is 0 Å². The van der Waals surface area contributed by atoms with Gasteiger partial charge in [0.1, 0.15) is 0 Å². The van der Waals surface area contributed by atoms with Gasteiger partial charge < -0.3 is 0 Å². The molecule has 0 spiro atoms. The molecule has 1 heterocycles. The van der Waals surface area contributed by atoms with E-state index in [2.05, 4.69) is 15.4 Å². The largest absolute Gasteiger partial charge is 0.290 e. The highest BCUT2D eigenvalue weighted by molar-refractivity contribution is 5.76. The van der Waals surface area contributed by atoms with Crippen molar-refractivity contribution in [3.05, 3.63) is 40.7 Å². The summed E-state index contributed by atoms with van der Waals surface area (Å²) in [6.45, 7) is 0. The van der Waals surface area contributed by atoms with Gasteiger partial charge in [-0.3, -0.25) is 4.79 Å². The van der Waals surface area contributed by atoms with Gasteiger partial charge in [-0.2, -0.15) is 0 Å². The lowest BCUT2D eigenvalue weighted by atomic mass is 10.2. The molecule has 2 rings (SSSR count). The summed E-state index contributed by atoms with van der Waals surface area (Å²) in [5, 5.41) is 11.2. The number of rotatable bonds is 0. The van der Waals surface area contributed by atoms with E-state index in [-0.39, 0.29) is 5.56 Å². The van der Waals surface area contributed by atoms with Crippen LogP contribution in [0.5, 0.6) is 0 Å². The van der Waals surface area contributed by atoms with Gasteiger partial charge in [-0.1, -0.05) is 23.3 Å². The third-order valence-corrected chi connectivity index (χ3v) is 1.51. The molecule has 0 bridgehead atoms. The lowest BCUT2D eigenvalue weighted by molar-refractivity contribution is 0.887. The lowest BCUT2D eigenvalue weighted by Crippen LogP contribution is -2.00. The van der Waals surface area contributed by atoms with E-state index in [0.717, 1.165) is 5.39 Å². The van der Waals surface area contributed by atoms with E-state index in [0.29, 0.717) is 5.52 Å². The fraction of sp³-hybridized carbons (Fsp3) is 0. The van der Waals surface area contributed by atoms with Crippen LogP contribution >= 0.6 is 0 Å². The van der Waals surface area contributed by atoms with Crippen molar-refractivity contribution < 1.29 is 0 Å². The number of hydrogen-bond acceptors (Lipinski definition) is 4. The molecule has 4 nitrogen and oxygen atoms in total. The van der Waals surface area contributed by atoms with Crippen LogP contribution in [0.3, 0.4) is 0 Å². The Bertz CT molecular complexity index is 469. The minimum Gasteiger partial charge on any atom is -0.266 e. The molecule has 0 unspecified atom stereocenters. The van der Waals surface area contributed by atoms with Gasteiger partial charge in [0.25, 0.3) is 5.56 Å². The third kappa shape index (κ3) is 1.14. The highest BCUT2D eigenvalue weighted by Crippen LogP contribution is 2.04. The van der Waals surface area contributed by atoms with Crippen LogP contribution in [0, 0.1) is 0 Å². The van der Waals surface area contributed by atoms with Gasteiger partial charge in [0.05, 0.1) is 5.52 Å². The Labute approximate surface area is 67.9 Å². The molecule has 0 radical (unpaired) electrons. The Balaban J connectivity index is 2.98. The smallest absolute Gasteiger partial charge is 0.266 e. The first-order valence-corrected chi connectivity index (χ1v) is 3.46. The topological polar surface area (TPSA) is 55.7 Å². The number of hydrogen-bond donors (Lipinski definition) is 0.